The number of hydrogen-bond donors (Lipinski definition) is 1. The second kappa shape index (κ2) is 6.76. The largest absolute Gasteiger partial charge is 0.385 e. The number of benzene rings is 2. The fourth-order valence-electron chi connectivity index (χ4n) is 3.08. The smallest absolute Gasteiger partial charge is 0.165 e. The lowest BCUT2D eigenvalue weighted by atomic mass is 10.0. The van der Waals surface area contributed by atoms with Crippen molar-refractivity contribution in [3.63, 3.8) is 0 Å². The summed E-state index contributed by atoms with van der Waals surface area (Å²) in [6.45, 7) is 0. The summed E-state index contributed by atoms with van der Waals surface area (Å²) in [6.07, 6.45) is 3.43. The molecule has 120 valence electrons. The molecule has 0 aliphatic heterocycles. The Kier molecular flexibility index (Phi) is 4.91. The highest BCUT2D eigenvalue weighted by molar-refractivity contribution is 9.11. The first kappa shape index (κ1) is 16.7. The van der Waals surface area contributed by atoms with Crippen LogP contribution in [0.2, 0.25) is 0 Å². The van der Waals surface area contributed by atoms with E-state index in [4.69, 9.17) is 0 Å². The molecule has 0 aromatic heterocycles. The number of aliphatic hydroxyl groups is 1. The number of rotatable bonds is 4. The van der Waals surface area contributed by atoms with Gasteiger partial charge in [0.25, 0.3) is 0 Å². The maximum Gasteiger partial charge on any atom is 0.165 e. The average Bonchev–Trinajstić information content (AvgIpc) is 3.04. The van der Waals surface area contributed by atoms with Crippen LogP contribution in [0.4, 0.5) is 0 Å². The third-order valence-electron chi connectivity index (χ3n) is 4.45. The Morgan fingerprint density at radius 2 is 1.39 bits per heavy atom. The van der Waals surface area contributed by atoms with Crippen LogP contribution in [0.15, 0.2) is 71.0 Å². The lowest BCUT2D eigenvalue weighted by Gasteiger charge is -2.24. The van der Waals surface area contributed by atoms with Crippen LogP contribution in [0.3, 0.4) is 0 Å². The molecule has 2 aromatic carbocycles. The van der Waals surface area contributed by atoms with Crippen molar-refractivity contribution in [2.24, 2.45) is 0 Å². The lowest BCUT2D eigenvalue weighted by Crippen LogP contribution is -2.25. The quantitative estimate of drug-likeness (QED) is 0.777. The fraction of sp³-hybridized carbons (Fsp3) is 0.263. The minimum atomic E-state index is -2.94. The highest BCUT2D eigenvalue weighted by Crippen LogP contribution is 2.50. The van der Waals surface area contributed by atoms with Gasteiger partial charge in [-0.1, -0.05) is 89.4 Å². The molecule has 2 aromatic rings. The second-order valence-electron chi connectivity index (χ2n) is 6.04. The molecule has 0 spiro atoms. The maximum absolute atomic E-state index is 13.9. The predicted octanol–water partition coefficient (Wildman–Crippen LogP) is 4.54. The van der Waals surface area contributed by atoms with E-state index in [1.807, 2.05) is 60.7 Å². The molecule has 0 atom stereocenters. The molecule has 23 heavy (non-hydrogen) atoms. The third kappa shape index (κ3) is 3.38. The molecule has 0 unspecified atom stereocenters. The van der Waals surface area contributed by atoms with Gasteiger partial charge in [0, 0.05) is 15.1 Å². The third-order valence-corrected chi connectivity index (χ3v) is 8.52. The molecule has 1 fully saturated rings. The summed E-state index contributed by atoms with van der Waals surface area (Å²) in [5.41, 5.74) is -0.876. The first-order valence-corrected chi connectivity index (χ1v) is 10.4. The molecule has 4 heteroatoms. The summed E-state index contributed by atoms with van der Waals surface area (Å²) < 4.78 is 14.6. The van der Waals surface area contributed by atoms with Crippen LogP contribution in [0, 0.1) is 0 Å². The Labute approximate surface area is 145 Å². The molecule has 1 aliphatic rings. The van der Waals surface area contributed by atoms with Crippen molar-refractivity contribution in [2.45, 2.75) is 31.3 Å². The van der Waals surface area contributed by atoms with Crippen LogP contribution in [-0.4, -0.2) is 10.7 Å². The molecule has 3 rings (SSSR count). The Bertz CT molecular complexity index is 691. The number of halogens is 1. The van der Waals surface area contributed by atoms with Crippen molar-refractivity contribution in [2.75, 3.05) is 0 Å². The molecule has 2 nitrogen and oxygen atoms in total. The van der Waals surface area contributed by atoms with Crippen molar-refractivity contribution in [1.29, 1.82) is 0 Å². The van der Waals surface area contributed by atoms with Crippen LogP contribution in [-0.2, 0) is 4.57 Å². The second-order valence-corrected chi connectivity index (χ2v) is 9.51. The van der Waals surface area contributed by atoms with Gasteiger partial charge in [-0.2, -0.15) is 0 Å². The van der Waals surface area contributed by atoms with E-state index >= 15 is 0 Å². The maximum atomic E-state index is 13.9. The van der Waals surface area contributed by atoms with Crippen LogP contribution < -0.4 is 10.6 Å². The van der Waals surface area contributed by atoms with Gasteiger partial charge in [-0.25, -0.2) is 0 Å². The first-order chi connectivity index (χ1) is 11.0. The highest BCUT2D eigenvalue weighted by Gasteiger charge is 2.36. The fourth-order valence-corrected chi connectivity index (χ4v) is 6.72. The molecule has 1 aliphatic carbocycles. The molecule has 0 heterocycles. The molecule has 0 bridgehead atoms. The predicted molar refractivity (Wildman–Crippen MR) is 100 cm³/mol. The van der Waals surface area contributed by atoms with E-state index in [1.54, 1.807) is 5.82 Å². The molecular weight excluding hydrogens is 371 g/mol. The molecular formula is C19H20BrO2P. The Hall–Kier alpha value is -1.15. The molecule has 0 saturated heterocycles. The van der Waals surface area contributed by atoms with E-state index in [0.29, 0.717) is 17.3 Å². The van der Waals surface area contributed by atoms with Crippen LogP contribution in [0.1, 0.15) is 25.7 Å². The highest BCUT2D eigenvalue weighted by atomic mass is 79.9. The van der Waals surface area contributed by atoms with Crippen LogP contribution >= 0.6 is 23.1 Å². The van der Waals surface area contributed by atoms with Crippen molar-refractivity contribution in [3.8, 4) is 0 Å². The Morgan fingerprint density at radius 1 is 0.957 bits per heavy atom. The summed E-state index contributed by atoms with van der Waals surface area (Å²) >= 11 is 3.53. The van der Waals surface area contributed by atoms with Gasteiger partial charge in [0.2, 0.25) is 0 Å². The summed E-state index contributed by atoms with van der Waals surface area (Å²) in [7, 11) is -2.94. The van der Waals surface area contributed by atoms with Gasteiger partial charge in [-0.15, -0.1) is 0 Å². The van der Waals surface area contributed by atoms with E-state index in [2.05, 4.69) is 15.9 Å². The van der Waals surface area contributed by atoms with Crippen molar-refractivity contribution >= 4 is 33.7 Å². The summed E-state index contributed by atoms with van der Waals surface area (Å²) in [5.74, 6) is 1.75. The molecule has 1 N–H and O–H groups in total. The standard InChI is InChI=1S/C19H20BrO2P/c20-18(19(21)13-7-8-14-19)15-23(22,16-9-3-1-4-10-16)17-11-5-2-6-12-17/h1-6,9-12,15,21H,7-8,13-14H2/b18-15+. The van der Waals surface area contributed by atoms with Crippen LogP contribution in [0.5, 0.6) is 0 Å². The lowest BCUT2D eigenvalue weighted by molar-refractivity contribution is 0.0962. The minimum Gasteiger partial charge on any atom is -0.385 e. The average molecular weight is 391 g/mol. The van der Waals surface area contributed by atoms with Gasteiger partial charge in [0.1, 0.15) is 0 Å². The summed E-state index contributed by atoms with van der Waals surface area (Å²) in [5, 5.41) is 12.3. The van der Waals surface area contributed by atoms with E-state index in [-0.39, 0.29) is 0 Å². The molecule has 0 amide bonds. The van der Waals surface area contributed by atoms with Gasteiger partial charge in [0.05, 0.1) is 5.60 Å². The zero-order valence-electron chi connectivity index (χ0n) is 12.9. The first-order valence-electron chi connectivity index (χ1n) is 7.87. The van der Waals surface area contributed by atoms with Gasteiger partial charge in [-0.3, -0.25) is 0 Å². The van der Waals surface area contributed by atoms with E-state index in [9.17, 15) is 9.67 Å². The topological polar surface area (TPSA) is 37.3 Å². The van der Waals surface area contributed by atoms with E-state index in [1.165, 1.54) is 0 Å². The van der Waals surface area contributed by atoms with Crippen molar-refractivity contribution < 1.29 is 9.67 Å². The van der Waals surface area contributed by atoms with Crippen molar-refractivity contribution in [3.05, 3.63) is 71.0 Å². The monoisotopic (exact) mass is 390 g/mol. The minimum absolute atomic E-state index is 0.651. The summed E-state index contributed by atoms with van der Waals surface area (Å²) in [4.78, 5) is 0. The van der Waals surface area contributed by atoms with Gasteiger partial charge < -0.3 is 9.67 Å². The zero-order valence-corrected chi connectivity index (χ0v) is 15.3. The normalized spacial score (nSPS) is 18.1. The Morgan fingerprint density at radius 3 is 1.83 bits per heavy atom. The zero-order chi connectivity index (χ0) is 16.3. The summed E-state index contributed by atoms with van der Waals surface area (Å²) in [6, 6.07) is 19.0. The Balaban J connectivity index is 2.12. The molecule has 1 saturated carbocycles. The van der Waals surface area contributed by atoms with E-state index in [0.717, 1.165) is 23.5 Å². The van der Waals surface area contributed by atoms with Gasteiger partial charge >= 0.3 is 0 Å². The van der Waals surface area contributed by atoms with E-state index < -0.39 is 12.7 Å². The van der Waals surface area contributed by atoms with Crippen LogP contribution in [0.25, 0.3) is 0 Å². The SMILES string of the molecule is O=P(/C=C(/Br)C1(O)CCCC1)(c1ccccc1)c1ccccc1. The molecule has 0 radical (unpaired) electrons. The van der Waals surface area contributed by atoms with Gasteiger partial charge in [-0.05, 0) is 18.7 Å². The van der Waals surface area contributed by atoms with Crippen molar-refractivity contribution in [1.82, 2.24) is 0 Å². The number of hydrogen-bond acceptors (Lipinski definition) is 2. The van der Waals surface area contributed by atoms with Gasteiger partial charge in [0.15, 0.2) is 7.14 Å².